The Morgan fingerprint density at radius 1 is 1.30 bits per heavy atom. The molecule has 0 bridgehead atoms. The van der Waals surface area contributed by atoms with E-state index in [9.17, 15) is 4.79 Å². The largest absolute Gasteiger partial charge is 0.357 e. The van der Waals surface area contributed by atoms with Crippen molar-refractivity contribution in [3.63, 3.8) is 0 Å². The molecule has 0 unspecified atom stereocenters. The molecule has 1 amide bonds. The maximum Gasteiger partial charge on any atom is 0.273 e. The zero-order chi connectivity index (χ0) is 18.8. The van der Waals surface area contributed by atoms with Gasteiger partial charge >= 0.3 is 0 Å². The number of nitrogens with one attached hydrogen (secondary N) is 2. The first-order valence-electron chi connectivity index (χ1n) is 8.27. The number of halogens is 1. The lowest BCUT2D eigenvalue weighted by atomic mass is 10.2. The predicted octanol–water partition coefficient (Wildman–Crippen LogP) is 4.60. The highest BCUT2D eigenvalue weighted by atomic mass is 35.5. The lowest BCUT2D eigenvalue weighted by Crippen LogP contribution is -2.16. The van der Waals surface area contributed by atoms with Crippen molar-refractivity contribution in [2.75, 3.05) is 5.32 Å². The quantitative estimate of drug-likeness (QED) is 0.516. The Morgan fingerprint density at radius 2 is 2.11 bits per heavy atom. The number of aromatic amines is 1. The summed E-state index contributed by atoms with van der Waals surface area (Å²) in [5.41, 5.74) is 3.26. The van der Waals surface area contributed by atoms with Gasteiger partial charge in [-0.25, -0.2) is 9.67 Å². The lowest BCUT2D eigenvalue weighted by molar-refractivity contribution is 0.102. The van der Waals surface area contributed by atoms with Crippen LogP contribution in [0.2, 0.25) is 5.02 Å². The highest BCUT2D eigenvalue weighted by Gasteiger charge is 2.13. The second-order valence-electron chi connectivity index (χ2n) is 6.01. The van der Waals surface area contributed by atoms with Crippen LogP contribution in [0.15, 0.2) is 54.2 Å². The van der Waals surface area contributed by atoms with E-state index in [4.69, 9.17) is 11.6 Å². The molecule has 0 radical (unpaired) electrons. The molecule has 2 N–H and O–H groups in total. The van der Waals surface area contributed by atoms with Crippen LogP contribution in [0.3, 0.4) is 0 Å². The van der Waals surface area contributed by atoms with Gasteiger partial charge in [0.1, 0.15) is 11.5 Å². The maximum atomic E-state index is 12.6. The molecule has 0 saturated heterocycles. The smallest absolute Gasteiger partial charge is 0.273 e. The number of hydrogen-bond acceptors (Lipinski definition) is 4. The molecule has 0 aliphatic rings. The fraction of sp³-hybridized carbons (Fsp3) is 0.105. The van der Waals surface area contributed by atoms with Gasteiger partial charge < -0.3 is 10.3 Å². The number of carbonyl (C=O) groups is 1. The summed E-state index contributed by atoms with van der Waals surface area (Å²) in [4.78, 5) is 20.0. The third kappa shape index (κ3) is 3.94. The first kappa shape index (κ1) is 17.5. The summed E-state index contributed by atoms with van der Waals surface area (Å²) < 4.78 is 1.73. The Kier molecular flexibility index (Phi) is 4.79. The molecule has 6 nitrogen and oxygen atoms in total. The Morgan fingerprint density at radius 3 is 2.85 bits per heavy atom. The molecule has 0 aliphatic carbocycles. The standard InChI is InChI=1S/C19H16ClN5OS/c1-12-23-17(11-27-12)14-8-16(21-9-14)19(26)24-18-6-7-22-25(18)10-13-2-4-15(20)5-3-13/h2-9,11,21H,10H2,1H3,(H,24,26). The number of hydrogen-bond donors (Lipinski definition) is 2. The minimum Gasteiger partial charge on any atom is -0.357 e. The van der Waals surface area contributed by atoms with E-state index in [1.54, 1.807) is 40.5 Å². The third-order valence-corrected chi connectivity index (χ3v) is 5.07. The highest BCUT2D eigenvalue weighted by molar-refractivity contribution is 7.09. The summed E-state index contributed by atoms with van der Waals surface area (Å²) in [5.74, 6) is 0.390. The number of aryl methyl sites for hydroxylation is 1. The number of nitrogens with zero attached hydrogens (tertiary/aromatic N) is 3. The number of H-pyrrole nitrogens is 1. The summed E-state index contributed by atoms with van der Waals surface area (Å²) >= 11 is 7.50. The lowest BCUT2D eigenvalue weighted by Gasteiger charge is -2.08. The van der Waals surface area contributed by atoms with Gasteiger partial charge in [-0.3, -0.25) is 4.79 Å². The zero-order valence-electron chi connectivity index (χ0n) is 14.4. The molecule has 8 heteroatoms. The van der Waals surface area contributed by atoms with Crippen molar-refractivity contribution in [2.24, 2.45) is 0 Å². The second kappa shape index (κ2) is 7.38. The van der Waals surface area contributed by atoms with Crippen molar-refractivity contribution < 1.29 is 4.79 Å². The number of thiazole rings is 1. The molecule has 0 spiro atoms. The van der Waals surface area contributed by atoms with E-state index >= 15 is 0 Å². The van der Waals surface area contributed by atoms with Gasteiger partial charge in [-0.1, -0.05) is 23.7 Å². The number of anilines is 1. The molecule has 1 aromatic carbocycles. The number of benzene rings is 1. The van der Waals surface area contributed by atoms with Crippen LogP contribution < -0.4 is 5.32 Å². The first-order valence-corrected chi connectivity index (χ1v) is 9.53. The maximum absolute atomic E-state index is 12.6. The molecule has 0 aliphatic heterocycles. The molecule has 3 aromatic heterocycles. The van der Waals surface area contributed by atoms with E-state index in [2.05, 4.69) is 20.4 Å². The number of amides is 1. The van der Waals surface area contributed by atoms with Gasteiger partial charge in [0.05, 0.1) is 23.4 Å². The molecule has 4 rings (SSSR count). The van der Waals surface area contributed by atoms with Gasteiger partial charge in [0, 0.05) is 28.2 Å². The number of carbonyl (C=O) groups excluding carboxylic acids is 1. The minimum atomic E-state index is -0.231. The van der Waals surface area contributed by atoms with Crippen molar-refractivity contribution in [2.45, 2.75) is 13.5 Å². The SMILES string of the molecule is Cc1nc(-c2c[nH]c(C(=O)Nc3ccnn3Cc3ccc(Cl)cc3)c2)cs1. The van der Waals surface area contributed by atoms with E-state index in [0.29, 0.717) is 23.1 Å². The topological polar surface area (TPSA) is 75.6 Å². The van der Waals surface area contributed by atoms with Gasteiger partial charge in [-0.05, 0) is 30.7 Å². The van der Waals surface area contributed by atoms with Gasteiger partial charge in [0.25, 0.3) is 5.91 Å². The Labute approximate surface area is 164 Å². The zero-order valence-corrected chi connectivity index (χ0v) is 16.0. The van der Waals surface area contributed by atoms with Crippen molar-refractivity contribution in [1.82, 2.24) is 19.7 Å². The predicted molar refractivity (Wildman–Crippen MR) is 107 cm³/mol. The highest BCUT2D eigenvalue weighted by Crippen LogP contribution is 2.22. The fourth-order valence-corrected chi connectivity index (χ4v) is 3.43. The van der Waals surface area contributed by atoms with E-state index in [-0.39, 0.29) is 5.91 Å². The van der Waals surface area contributed by atoms with Crippen LogP contribution in [-0.2, 0) is 6.54 Å². The molecule has 3 heterocycles. The summed E-state index contributed by atoms with van der Waals surface area (Å²) in [7, 11) is 0. The second-order valence-corrected chi connectivity index (χ2v) is 7.51. The molecule has 136 valence electrons. The molecule has 0 atom stereocenters. The van der Waals surface area contributed by atoms with Gasteiger partial charge in [-0.2, -0.15) is 5.10 Å². The minimum absolute atomic E-state index is 0.231. The fourth-order valence-electron chi connectivity index (χ4n) is 2.68. The summed E-state index contributed by atoms with van der Waals surface area (Å²) in [6.07, 6.45) is 3.44. The van der Waals surface area contributed by atoms with Crippen LogP contribution in [0, 0.1) is 6.92 Å². The monoisotopic (exact) mass is 397 g/mol. The molecule has 4 aromatic rings. The molecular weight excluding hydrogens is 382 g/mol. The van der Waals surface area contributed by atoms with E-state index in [0.717, 1.165) is 21.8 Å². The van der Waals surface area contributed by atoms with Crippen molar-refractivity contribution in [1.29, 1.82) is 0 Å². The van der Waals surface area contributed by atoms with E-state index < -0.39 is 0 Å². The Bertz CT molecular complexity index is 1080. The summed E-state index contributed by atoms with van der Waals surface area (Å²) in [6.45, 7) is 2.49. The molecule has 0 saturated carbocycles. The summed E-state index contributed by atoms with van der Waals surface area (Å²) in [5, 5.41) is 10.8. The van der Waals surface area contributed by atoms with Crippen molar-refractivity contribution in [3.8, 4) is 11.3 Å². The number of aromatic nitrogens is 4. The van der Waals surface area contributed by atoms with Crippen molar-refractivity contribution >= 4 is 34.7 Å². The van der Waals surface area contributed by atoms with E-state index in [1.165, 1.54) is 0 Å². The van der Waals surface area contributed by atoms with Gasteiger partial charge in [0.15, 0.2) is 0 Å². The van der Waals surface area contributed by atoms with Crippen molar-refractivity contribution in [3.05, 3.63) is 75.5 Å². The van der Waals surface area contributed by atoms with Gasteiger partial charge in [-0.15, -0.1) is 11.3 Å². The first-order chi connectivity index (χ1) is 13.1. The van der Waals surface area contributed by atoms with Crippen LogP contribution in [-0.4, -0.2) is 25.7 Å². The van der Waals surface area contributed by atoms with Crippen LogP contribution in [0.1, 0.15) is 21.1 Å². The Hall–Kier alpha value is -2.90. The number of rotatable bonds is 5. The van der Waals surface area contributed by atoms with Crippen LogP contribution in [0.4, 0.5) is 5.82 Å². The van der Waals surface area contributed by atoms with Crippen LogP contribution >= 0.6 is 22.9 Å². The normalized spacial score (nSPS) is 10.9. The molecule has 27 heavy (non-hydrogen) atoms. The summed E-state index contributed by atoms with van der Waals surface area (Å²) in [6, 6.07) is 11.1. The average molecular weight is 398 g/mol. The molecular formula is C19H16ClN5OS. The van der Waals surface area contributed by atoms with Gasteiger partial charge in [0.2, 0.25) is 0 Å². The Balaban J connectivity index is 1.48. The van der Waals surface area contributed by atoms with Crippen LogP contribution in [0.25, 0.3) is 11.3 Å². The van der Waals surface area contributed by atoms with E-state index in [1.807, 2.05) is 36.6 Å². The average Bonchev–Trinajstić information content (AvgIpc) is 3.38. The third-order valence-electron chi connectivity index (χ3n) is 4.05. The van der Waals surface area contributed by atoms with Crippen LogP contribution in [0.5, 0.6) is 0 Å². The molecule has 0 fully saturated rings.